The molecule has 0 spiro atoms. The van der Waals surface area contributed by atoms with Crippen LogP contribution in [-0.2, 0) is 10.2 Å². The first kappa shape index (κ1) is 17.3. The number of amides is 1. The third-order valence-electron chi connectivity index (χ3n) is 4.91. The lowest BCUT2D eigenvalue weighted by Crippen LogP contribution is -2.44. The molecule has 1 aliphatic heterocycles. The van der Waals surface area contributed by atoms with Crippen molar-refractivity contribution in [3.8, 4) is 5.75 Å². The van der Waals surface area contributed by atoms with Gasteiger partial charge in [0.2, 0.25) is 0 Å². The Morgan fingerprint density at radius 1 is 1.12 bits per heavy atom. The highest BCUT2D eigenvalue weighted by Gasteiger charge is 2.35. The lowest BCUT2D eigenvalue weighted by molar-refractivity contribution is 0.0487. The van der Waals surface area contributed by atoms with Crippen LogP contribution < -0.4 is 15.8 Å². The number of hydrogen-bond acceptors (Lipinski definition) is 4. The molecule has 0 unspecified atom stereocenters. The number of rotatable bonds is 5. The Bertz CT molecular complexity index is 705. The third kappa shape index (κ3) is 3.94. The molecule has 1 amide bonds. The normalized spacial score (nSPS) is 16.2. The van der Waals surface area contributed by atoms with E-state index in [0.29, 0.717) is 31.0 Å². The zero-order chi connectivity index (χ0) is 17.7. The van der Waals surface area contributed by atoms with E-state index in [2.05, 4.69) is 17.4 Å². The molecule has 132 valence electrons. The molecule has 0 aliphatic carbocycles. The van der Waals surface area contributed by atoms with E-state index >= 15 is 0 Å². The number of anilines is 1. The highest BCUT2D eigenvalue weighted by molar-refractivity contribution is 5.94. The second-order valence-corrected chi connectivity index (χ2v) is 6.43. The van der Waals surface area contributed by atoms with Crippen LogP contribution in [0, 0.1) is 0 Å². The van der Waals surface area contributed by atoms with Crippen molar-refractivity contribution < 1.29 is 14.3 Å². The van der Waals surface area contributed by atoms with E-state index in [1.54, 1.807) is 31.4 Å². The lowest BCUT2D eigenvalue weighted by atomic mass is 9.74. The molecule has 2 aromatic carbocycles. The standard InChI is InChI=1S/C20H24N2O3/c1-24-18-8-4-16(5-9-18)20(10-12-25-13-11-20)14-22-19(23)15-2-6-17(21)7-3-15/h2-9H,10-14,21H2,1H3,(H,22,23). The van der Waals surface area contributed by atoms with Crippen LogP contribution >= 0.6 is 0 Å². The highest BCUT2D eigenvalue weighted by Crippen LogP contribution is 2.35. The average molecular weight is 340 g/mol. The van der Waals surface area contributed by atoms with Gasteiger partial charge in [0.1, 0.15) is 5.75 Å². The van der Waals surface area contributed by atoms with Gasteiger partial charge in [-0.25, -0.2) is 0 Å². The summed E-state index contributed by atoms with van der Waals surface area (Å²) >= 11 is 0. The Morgan fingerprint density at radius 3 is 2.36 bits per heavy atom. The van der Waals surface area contributed by atoms with E-state index in [-0.39, 0.29) is 11.3 Å². The zero-order valence-corrected chi connectivity index (χ0v) is 14.5. The fraction of sp³-hybridized carbons (Fsp3) is 0.350. The SMILES string of the molecule is COc1ccc(C2(CNC(=O)c3ccc(N)cc3)CCOCC2)cc1. The molecule has 1 heterocycles. The molecule has 1 saturated heterocycles. The first-order chi connectivity index (χ1) is 12.1. The van der Waals surface area contributed by atoms with Gasteiger partial charge in [-0.2, -0.15) is 0 Å². The van der Waals surface area contributed by atoms with Crippen LogP contribution in [0.15, 0.2) is 48.5 Å². The van der Waals surface area contributed by atoms with Crippen LogP contribution in [0.2, 0.25) is 0 Å². The van der Waals surface area contributed by atoms with Gasteiger partial charge in [-0.1, -0.05) is 12.1 Å². The predicted octanol–water partition coefficient (Wildman–Crippen LogP) is 2.76. The van der Waals surface area contributed by atoms with Crippen LogP contribution in [0.4, 0.5) is 5.69 Å². The van der Waals surface area contributed by atoms with Crippen molar-refractivity contribution in [3.05, 3.63) is 59.7 Å². The molecule has 5 nitrogen and oxygen atoms in total. The topological polar surface area (TPSA) is 73.6 Å². The van der Waals surface area contributed by atoms with Gasteiger partial charge < -0.3 is 20.5 Å². The number of methoxy groups -OCH3 is 1. The monoisotopic (exact) mass is 340 g/mol. The predicted molar refractivity (Wildman–Crippen MR) is 97.9 cm³/mol. The van der Waals surface area contributed by atoms with Gasteiger partial charge in [0.05, 0.1) is 7.11 Å². The van der Waals surface area contributed by atoms with Gasteiger partial charge in [-0.15, -0.1) is 0 Å². The minimum atomic E-state index is -0.117. The van der Waals surface area contributed by atoms with Crippen molar-refractivity contribution in [2.75, 3.05) is 32.6 Å². The van der Waals surface area contributed by atoms with E-state index < -0.39 is 0 Å². The summed E-state index contributed by atoms with van der Waals surface area (Å²) in [5, 5.41) is 3.09. The molecular formula is C20H24N2O3. The Morgan fingerprint density at radius 2 is 1.76 bits per heavy atom. The molecule has 25 heavy (non-hydrogen) atoms. The largest absolute Gasteiger partial charge is 0.497 e. The van der Waals surface area contributed by atoms with E-state index in [1.165, 1.54) is 5.56 Å². The number of hydrogen-bond donors (Lipinski definition) is 2. The van der Waals surface area contributed by atoms with E-state index in [4.69, 9.17) is 15.2 Å². The number of carbonyl (C=O) groups is 1. The molecular weight excluding hydrogens is 316 g/mol. The highest BCUT2D eigenvalue weighted by atomic mass is 16.5. The van der Waals surface area contributed by atoms with E-state index in [1.807, 2.05) is 12.1 Å². The van der Waals surface area contributed by atoms with Gasteiger partial charge in [-0.05, 0) is 54.8 Å². The molecule has 5 heteroatoms. The second kappa shape index (κ2) is 7.57. The van der Waals surface area contributed by atoms with E-state index in [0.717, 1.165) is 18.6 Å². The van der Waals surface area contributed by atoms with Crippen LogP contribution in [0.5, 0.6) is 5.75 Å². The fourth-order valence-electron chi connectivity index (χ4n) is 3.26. The number of nitrogens with one attached hydrogen (secondary N) is 1. The Balaban J connectivity index is 1.76. The van der Waals surface area contributed by atoms with Gasteiger partial charge in [0.15, 0.2) is 0 Å². The molecule has 1 fully saturated rings. The number of nitrogen functional groups attached to an aromatic ring is 1. The van der Waals surface area contributed by atoms with Gasteiger partial charge in [-0.3, -0.25) is 4.79 Å². The molecule has 0 radical (unpaired) electrons. The molecule has 0 bridgehead atoms. The Kier molecular flexibility index (Phi) is 5.24. The fourth-order valence-corrected chi connectivity index (χ4v) is 3.26. The van der Waals surface area contributed by atoms with Crippen LogP contribution in [0.3, 0.4) is 0 Å². The Labute approximate surface area is 148 Å². The van der Waals surface area contributed by atoms with Crippen molar-refractivity contribution >= 4 is 11.6 Å². The summed E-state index contributed by atoms with van der Waals surface area (Å²) in [7, 11) is 1.66. The molecule has 0 atom stereocenters. The maximum Gasteiger partial charge on any atom is 0.251 e. The Hall–Kier alpha value is -2.53. The van der Waals surface area contributed by atoms with Gasteiger partial charge in [0, 0.05) is 36.4 Å². The summed E-state index contributed by atoms with van der Waals surface area (Å²) in [6.07, 6.45) is 1.75. The van der Waals surface area contributed by atoms with Crippen molar-refractivity contribution in [1.82, 2.24) is 5.32 Å². The molecule has 0 saturated carbocycles. The minimum Gasteiger partial charge on any atom is -0.497 e. The van der Waals surface area contributed by atoms with Crippen molar-refractivity contribution in [3.63, 3.8) is 0 Å². The quantitative estimate of drug-likeness (QED) is 0.821. The second-order valence-electron chi connectivity index (χ2n) is 6.43. The molecule has 2 aromatic rings. The summed E-state index contributed by atoms with van der Waals surface area (Å²) in [5.74, 6) is 0.747. The van der Waals surface area contributed by atoms with Crippen LogP contribution in [-0.4, -0.2) is 32.8 Å². The third-order valence-corrected chi connectivity index (χ3v) is 4.91. The molecule has 3 N–H and O–H groups in total. The summed E-state index contributed by atoms with van der Waals surface area (Å²) in [6, 6.07) is 15.1. The maximum absolute atomic E-state index is 12.5. The first-order valence-electron chi connectivity index (χ1n) is 8.49. The summed E-state index contributed by atoms with van der Waals surface area (Å²) < 4.78 is 10.8. The number of carbonyl (C=O) groups excluding carboxylic acids is 1. The molecule has 0 aromatic heterocycles. The zero-order valence-electron chi connectivity index (χ0n) is 14.5. The number of nitrogens with two attached hydrogens (primary N) is 1. The average Bonchev–Trinajstić information content (AvgIpc) is 2.67. The molecule has 1 aliphatic rings. The van der Waals surface area contributed by atoms with Crippen LogP contribution in [0.25, 0.3) is 0 Å². The first-order valence-corrected chi connectivity index (χ1v) is 8.49. The summed E-state index contributed by atoms with van der Waals surface area (Å²) in [5.41, 5.74) is 8.03. The maximum atomic E-state index is 12.5. The number of ether oxygens (including phenoxy) is 2. The minimum absolute atomic E-state index is 0.0839. The smallest absolute Gasteiger partial charge is 0.251 e. The van der Waals surface area contributed by atoms with Gasteiger partial charge in [0.25, 0.3) is 5.91 Å². The van der Waals surface area contributed by atoms with Crippen molar-refractivity contribution in [2.24, 2.45) is 0 Å². The van der Waals surface area contributed by atoms with Crippen molar-refractivity contribution in [1.29, 1.82) is 0 Å². The van der Waals surface area contributed by atoms with Crippen LogP contribution in [0.1, 0.15) is 28.8 Å². The van der Waals surface area contributed by atoms with Gasteiger partial charge >= 0.3 is 0 Å². The summed E-state index contributed by atoms with van der Waals surface area (Å²) in [4.78, 5) is 12.5. The summed E-state index contributed by atoms with van der Waals surface area (Å²) in [6.45, 7) is 1.97. The van der Waals surface area contributed by atoms with Crippen molar-refractivity contribution in [2.45, 2.75) is 18.3 Å². The lowest BCUT2D eigenvalue weighted by Gasteiger charge is -2.38. The number of benzene rings is 2. The molecule has 3 rings (SSSR count). The van der Waals surface area contributed by atoms with E-state index in [9.17, 15) is 4.79 Å².